The smallest absolute Gasteiger partial charge is 0.0565 e. The number of hydrogen-bond acceptors (Lipinski definition) is 0. The molecule has 0 aliphatic rings. The Hall–Kier alpha value is 0.910. The van der Waals surface area contributed by atoms with E-state index in [1.54, 1.807) is 0 Å². The summed E-state index contributed by atoms with van der Waals surface area (Å²) in [5, 5.41) is 0. The van der Waals surface area contributed by atoms with Crippen molar-refractivity contribution in [1.82, 2.24) is 0 Å². The van der Waals surface area contributed by atoms with Crippen LogP contribution in [0.25, 0.3) is 0 Å². The molecule has 0 saturated carbocycles. The minimum Gasteiger partial charge on any atom is -0.114 e. The fourth-order valence-corrected chi connectivity index (χ4v) is 4.02. The lowest BCUT2D eigenvalue weighted by Gasteiger charge is -2.20. The average molecular weight is 228 g/mol. The summed E-state index contributed by atoms with van der Waals surface area (Å²) in [4.78, 5) is 0. The third-order valence-corrected chi connectivity index (χ3v) is 8.05. The summed E-state index contributed by atoms with van der Waals surface area (Å²) in [6.07, 6.45) is 5.82. The molecular formula is C8H21BrP+. The van der Waals surface area contributed by atoms with E-state index in [0.29, 0.717) is 0 Å². The van der Waals surface area contributed by atoms with Gasteiger partial charge in [0.1, 0.15) is 0 Å². The maximum atomic E-state index is 2.35. The molecule has 0 aromatic heterocycles. The molecule has 10 heavy (non-hydrogen) atoms. The van der Waals surface area contributed by atoms with Crippen LogP contribution in [0, 0.1) is 0 Å². The first-order valence-electron chi connectivity index (χ1n) is 4.09. The molecule has 0 aromatic rings. The first kappa shape index (κ1) is 13.5. The Morgan fingerprint density at radius 1 is 0.700 bits per heavy atom. The van der Waals surface area contributed by atoms with Crippen LogP contribution in [0.4, 0.5) is 0 Å². The highest BCUT2D eigenvalue weighted by molar-refractivity contribution is 8.93. The van der Waals surface area contributed by atoms with Gasteiger partial charge in [-0.15, -0.1) is 17.0 Å². The van der Waals surface area contributed by atoms with Crippen molar-refractivity contribution in [1.29, 1.82) is 0 Å². The summed E-state index contributed by atoms with van der Waals surface area (Å²) in [5.74, 6) is 0. The van der Waals surface area contributed by atoms with E-state index in [9.17, 15) is 0 Å². The first-order valence-corrected chi connectivity index (χ1v) is 6.62. The Balaban J connectivity index is 0. The molecule has 0 aliphatic heterocycles. The van der Waals surface area contributed by atoms with Crippen molar-refractivity contribution in [3.8, 4) is 0 Å². The van der Waals surface area contributed by atoms with Crippen LogP contribution in [-0.4, -0.2) is 24.6 Å². The van der Waals surface area contributed by atoms with Gasteiger partial charge in [0.25, 0.3) is 0 Å². The summed E-state index contributed by atoms with van der Waals surface area (Å²) in [7, 11) is -0.420. The van der Waals surface area contributed by atoms with Crippen LogP contribution in [0.1, 0.15) is 27.7 Å². The van der Waals surface area contributed by atoms with Gasteiger partial charge in [0.2, 0.25) is 0 Å². The van der Waals surface area contributed by atoms with Crippen LogP contribution in [0.2, 0.25) is 0 Å². The van der Waals surface area contributed by atoms with Gasteiger partial charge in [-0.2, -0.15) is 0 Å². The Bertz CT molecular complexity index is 52.1. The quantitative estimate of drug-likeness (QED) is 0.644. The molecule has 2 heteroatoms. The zero-order valence-electron chi connectivity index (χ0n) is 7.68. The van der Waals surface area contributed by atoms with Gasteiger partial charge in [0.15, 0.2) is 0 Å². The molecule has 0 heterocycles. The summed E-state index contributed by atoms with van der Waals surface area (Å²) < 4.78 is 0. The van der Waals surface area contributed by atoms with Crippen molar-refractivity contribution < 1.29 is 0 Å². The highest BCUT2D eigenvalue weighted by atomic mass is 79.9. The molecule has 0 fully saturated rings. The zero-order valence-corrected chi connectivity index (χ0v) is 10.3. The van der Waals surface area contributed by atoms with Gasteiger partial charge in [0.05, 0.1) is 24.6 Å². The summed E-state index contributed by atoms with van der Waals surface area (Å²) in [6, 6.07) is 0. The second-order valence-electron chi connectivity index (χ2n) is 2.61. The zero-order chi connectivity index (χ0) is 7.33. The normalized spacial score (nSPS) is 10.8. The molecular weight excluding hydrogens is 207 g/mol. The van der Waals surface area contributed by atoms with E-state index in [1.807, 2.05) is 0 Å². The van der Waals surface area contributed by atoms with Crippen LogP contribution in [0.5, 0.6) is 0 Å². The number of hydrogen-bond donors (Lipinski definition) is 0. The van der Waals surface area contributed by atoms with Crippen LogP contribution in [-0.2, 0) is 0 Å². The van der Waals surface area contributed by atoms with Gasteiger partial charge in [-0.1, -0.05) is 0 Å². The lowest BCUT2D eigenvalue weighted by molar-refractivity contribution is 1.25. The summed E-state index contributed by atoms with van der Waals surface area (Å²) in [5.41, 5.74) is 0. The average Bonchev–Trinajstić information content (AvgIpc) is 1.95. The van der Waals surface area contributed by atoms with E-state index in [0.717, 1.165) is 0 Å². The second-order valence-corrected chi connectivity index (χ2v) is 7.82. The van der Waals surface area contributed by atoms with Crippen LogP contribution in [0.15, 0.2) is 0 Å². The predicted molar refractivity (Wildman–Crippen MR) is 59.4 cm³/mol. The molecule has 0 amide bonds. The minimum absolute atomic E-state index is 0. The van der Waals surface area contributed by atoms with Gasteiger partial charge in [-0.3, -0.25) is 0 Å². The molecule has 0 atom stereocenters. The van der Waals surface area contributed by atoms with Crippen molar-refractivity contribution in [3.63, 3.8) is 0 Å². The maximum Gasteiger partial charge on any atom is 0.0565 e. The minimum atomic E-state index is -0.420. The lowest BCUT2D eigenvalue weighted by Crippen LogP contribution is -2.04. The molecule has 0 aliphatic carbocycles. The Morgan fingerprint density at radius 2 is 0.900 bits per heavy atom. The van der Waals surface area contributed by atoms with Gasteiger partial charge in [-0.05, 0) is 27.7 Å². The van der Waals surface area contributed by atoms with E-state index in [2.05, 4.69) is 27.7 Å². The van der Waals surface area contributed by atoms with E-state index < -0.39 is 7.26 Å². The Kier molecular flexibility index (Phi) is 8.92. The fraction of sp³-hybridized carbons (Fsp3) is 1.00. The highest BCUT2D eigenvalue weighted by Gasteiger charge is 2.27. The maximum absolute atomic E-state index is 2.35. The molecule has 0 unspecified atom stereocenters. The van der Waals surface area contributed by atoms with Gasteiger partial charge < -0.3 is 0 Å². The third-order valence-electron chi connectivity index (χ3n) is 2.68. The fourth-order valence-electron chi connectivity index (χ4n) is 1.34. The summed E-state index contributed by atoms with van der Waals surface area (Å²) >= 11 is 0. The molecule has 0 N–H and O–H groups in total. The van der Waals surface area contributed by atoms with E-state index in [4.69, 9.17) is 0 Å². The van der Waals surface area contributed by atoms with Gasteiger partial charge in [0, 0.05) is 7.26 Å². The Labute approximate surface area is 76.9 Å². The molecule has 0 rings (SSSR count). The second kappa shape index (κ2) is 6.61. The van der Waals surface area contributed by atoms with E-state index >= 15 is 0 Å². The van der Waals surface area contributed by atoms with Crippen molar-refractivity contribution in [2.75, 3.05) is 24.6 Å². The van der Waals surface area contributed by atoms with Gasteiger partial charge in [-0.25, -0.2) is 0 Å². The van der Waals surface area contributed by atoms with Crippen molar-refractivity contribution >= 4 is 24.2 Å². The third kappa shape index (κ3) is 3.34. The van der Waals surface area contributed by atoms with Gasteiger partial charge >= 0.3 is 0 Å². The van der Waals surface area contributed by atoms with Crippen molar-refractivity contribution in [3.05, 3.63) is 0 Å². The van der Waals surface area contributed by atoms with Crippen LogP contribution in [0.3, 0.4) is 0 Å². The van der Waals surface area contributed by atoms with Crippen LogP contribution >= 0.6 is 24.2 Å². The molecule has 0 bridgehead atoms. The largest absolute Gasteiger partial charge is 0.114 e. The molecule has 0 spiro atoms. The topological polar surface area (TPSA) is 0 Å². The molecule has 0 nitrogen and oxygen atoms in total. The molecule has 0 radical (unpaired) electrons. The van der Waals surface area contributed by atoms with Crippen LogP contribution < -0.4 is 0 Å². The highest BCUT2D eigenvalue weighted by Crippen LogP contribution is 2.57. The number of rotatable bonds is 4. The van der Waals surface area contributed by atoms with E-state index in [1.165, 1.54) is 24.6 Å². The molecule has 64 valence electrons. The molecule has 0 aromatic carbocycles. The predicted octanol–water partition coefficient (Wildman–Crippen LogP) is 3.66. The monoisotopic (exact) mass is 227 g/mol. The number of halogens is 1. The van der Waals surface area contributed by atoms with E-state index in [-0.39, 0.29) is 17.0 Å². The summed E-state index contributed by atoms with van der Waals surface area (Å²) in [6.45, 7) is 9.41. The molecule has 0 saturated heterocycles. The lowest BCUT2D eigenvalue weighted by atomic mass is 10.9. The first-order chi connectivity index (χ1) is 4.24. The van der Waals surface area contributed by atoms with Crippen molar-refractivity contribution in [2.24, 2.45) is 0 Å². The standard InChI is InChI=1S/C8H20P.BrH/c1-5-9(6-2,7-3)8-4;/h5-8H2,1-4H3;1H/q+1;. The Morgan fingerprint density at radius 3 is 0.900 bits per heavy atom. The SMILES string of the molecule is Br.CC[P+](CC)(CC)CC. The van der Waals surface area contributed by atoms with Crippen molar-refractivity contribution in [2.45, 2.75) is 27.7 Å².